The van der Waals surface area contributed by atoms with Gasteiger partial charge in [0.25, 0.3) is 5.91 Å². The van der Waals surface area contributed by atoms with E-state index in [1.165, 1.54) is 11.1 Å². The first-order valence-electron chi connectivity index (χ1n) is 8.38. The van der Waals surface area contributed by atoms with Gasteiger partial charge >= 0.3 is 0 Å². The molecule has 1 aromatic carbocycles. The van der Waals surface area contributed by atoms with E-state index in [2.05, 4.69) is 22.4 Å². The predicted octanol–water partition coefficient (Wildman–Crippen LogP) is 1.37. The number of nitrogens with zero attached hydrogens (tertiary/aromatic N) is 2. The molecule has 0 unspecified atom stereocenters. The number of amides is 1. The number of rotatable bonds is 1. The molecule has 24 heavy (non-hydrogen) atoms. The maximum Gasteiger partial charge on any atom is 0.272 e. The summed E-state index contributed by atoms with van der Waals surface area (Å²) in [6.07, 6.45) is 2.57. The van der Waals surface area contributed by atoms with Crippen LogP contribution in [0.5, 0.6) is 0 Å². The van der Waals surface area contributed by atoms with Gasteiger partial charge in [-0.2, -0.15) is 0 Å². The Morgan fingerprint density at radius 3 is 2.75 bits per heavy atom. The summed E-state index contributed by atoms with van der Waals surface area (Å²) in [6, 6.07) is 13.7. The molecule has 2 aliphatic rings. The molecule has 4 rings (SSSR count). The number of piperidine rings is 1. The number of β-amino-alcohol motifs (C(OH)–C–C–N with tert-alkyl or cyclic N) is 1. The molecule has 124 valence electrons. The molecule has 0 radical (unpaired) electrons. The van der Waals surface area contributed by atoms with Crippen molar-refractivity contribution in [1.29, 1.82) is 0 Å². The molecule has 2 atom stereocenters. The molecule has 2 N–H and O–H groups in total. The summed E-state index contributed by atoms with van der Waals surface area (Å²) in [6.45, 7) is 1.73. The third-order valence-corrected chi connectivity index (χ3v) is 5.29. The highest BCUT2D eigenvalue weighted by molar-refractivity contribution is 5.92. The number of aromatic nitrogens is 1. The summed E-state index contributed by atoms with van der Waals surface area (Å²) in [5.41, 5.74) is 2.68. The SMILES string of the molecule is O=C(c1ccccn1)N1CC[C@]2(Cc3ccccc3CN2)[C@H](O)C1. The second kappa shape index (κ2) is 6.00. The second-order valence-electron chi connectivity index (χ2n) is 6.69. The normalized spacial score (nSPS) is 26.2. The molecule has 1 aromatic heterocycles. The molecule has 1 spiro atoms. The lowest BCUT2D eigenvalue weighted by Gasteiger charge is -2.48. The van der Waals surface area contributed by atoms with Gasteiger partial charge in [0.1, 0.15) is 5.69 Å². The molecular formula is C19H21N3O2. The van der Waals surface area contributed by atoms with Crippen molar-refractivity contribution in [3.8, 4) is 0 Å². The van der Waals surface area contributed by atoms with Gasteiger partial charge in [-0.05, 0) is 36.1 Å². The Morgan fingerprint density at radius 2 is 2.00 bits per heavy atom. The molecule has 3 heterocycles. The Balaban J connectivity index is 1.50. The minimum Gasteiger partial charge on any atom is -0.389 e. The van der Waals surface area contributed by atoms with Gasteiger partial charge in [0.05, 0.1) is 11.6 Å². The predicted molar refractivity (Wildman–Crippen MR) is 90.5 cm³/mol. The molecule has 0 aliphatic carbocycles. The van der Waals surface area contributed by atoms with Crippen LogP contribution in [0.3, 0.4) is 0 Å². The molecule has 5 heteroatoms. The number of nitrogens with one attached hydrogen (secondary N) is 1. The van der Waals surface area contributed by atoms with Crippen LogP contribution >= 0.6 is 0 Å². The number of carbonyl (C=O) groups is 1. The zero-order valence-corrected chi connectivity index (χ0v) is 13.5. The van der Waals surface area contributed by atoms with Gasteiger partial charge in [0, 0.05) is 25.8 Å². The average molecular weight is 323 g/mol. The zero-order chi connectivity index (χ0) is 16.6. The molecule has 2 aromatic rings. The van der Waals surface area contributed by atoms with E-state index >= 15 is 0 Å². The van der Waals surface area contributed by atoms with Gasteiger partial charge in [-0.15, -0.1) is 0 Å². The van der Waals surface area contributed by atoms with Gasteiger partial charge in [0.15, 0.2) is 0 Å². The van der Waals surface area contributed by atoms with E-state index in [4.69, 9.17) is 0 Å². The first-order chi connectivity index (χ1) is 11.7. The Labute approximate surface area is 141 Å². The number of aliphatic hydroxyl groups excluding tert-OH is 1. The van der Waals surface area contributed by atoms with Crippen LogP contribution < -0.4 is 5.32 Å². The van der Waals surface area contributed by atoms with E-state index in [0.717, 1.165) is 19.4 Å². The number of hydrogen-bond acceptors (Lipinski definition) is 4. The van der Waals surface area contributed by atoms with Crippen molar-refractivity contribution in [2.24, 2.45) is 0 Å². The summed E-state index contributed by atoms with van der Waals surface area (Å²) in [5.74, 6) is -0.110. The summed E-state index contributed by atoms with van der Waals surface area (Å²) >= 11 is 0. The standard InChI is InChI=1S/C19H21N3O2/c23-17-13-22(18(24)16-7-3-4-9-20-16)10-8-19(17)11-14-5-1-2-6-15(14)12-21-19/h1-7,9,17,21,23H,8,10-13H2/t17-,19+/m1/s1. The third-order valence-electron chi connectivity index (χ3n) is 5.29. The smallest absolute Gasteiger partial charge is 0.272 e. The molecule has 0 saturated carbocycles. The highest BCUT2D eigenvalue weighted by Crippen LogP contribution is 2.32. The molecular weight excluding hydrogens is 302 g/mol. The topological polar surface area (TPSA) is 65.5 Å². The van der Waals surface area contributed by atoms with Crippen molar-refractivity contribution in [1.82, 2.24) is 15.2 Å². The van der Waals surface area contributed by atoms with Crippen LogP contribution in [0.1, 0.15) is 28.0 Å². The van der Waals surface area contributed by atoms with E-state index in [9.17, 15) is 9.90 Å². The van der Waals surface area contributed by atoms with Crippen molar-refractivity contribution in [3.63, 3.8) is 0 Å². The van der Waals surface area contributed by atoms with Crippen LogP contribution in [0.15, 0.2) is 48.7 Å². The number of pyridine rings is 1. The summed E-state index contributed by atoms with van der Waals surface area (Å²) < 4.78 is 0. The van der Waals surface area contributed by atoms with Gasteiger partial charge in [-0.3, -0.25) is 9.78 Å². The maximum absolute atomic E-state index is 12.5. The van der Waals surface area contributed by atoms with E-state index in [1.54, 1.807) is 23.2 Å². The molecule has 1 fully saturated rings. The number of hydrogen-bond donors (Lipinski definition) is 2. The van der Waals surface area contributed by atoms with Crippen molar-refractivity contribution in [3.05, 3.63) is 65.5 Å². The summed E-state index contributed by atoms with van der Waals surface area (Å²) in [5, 5.41) is 14.3. The summed E-state index contributed by atoms with van der Waals surface area (Å²) in [4.78, 5) is 18.4. The van der Waals surface area contributed by atoms with Crippen LogP contribution in [0.25, 0.3) is 0 Å². The number of aliphatic hydroxyl groups is 1. The van der Waals surface area contributed by atoms with Crippen LogP contribution in [-0.2, 0) is 13.0 Å². The third kappa shape index (κ3) is 2.60. The van der Waals surface area contributed by atoms with Crippen molar-refractivity contribution in [2.45, 2.75) is 31.0 Å². The maximum atomic E-state index is 12.5. The number of fused-ring (bicyclic) bond motifs is 1. The van der Waals surface area contributed by atoms with Gasteiger partial charge in [0.2, 0.25) is 0 Å². The van der Waals surface area contributed by atoms with Crippen molar-refractivity contribution in [2.75, 3.05) is 13.1 Å². The van der Waals surface area contributed by atoms with Crippen LogP contribution in [0.2, 0.25) is 0 Å². The molecule has 2 aliphatic heterocycles. The largest absolute Gasteiger partial charge is 0.389 e. The fourth-order valence-electron chi connectivity index (χ4n) is 3.80. The Kier molecular flexibility index (Phi) is 3.82. The van der Waals surface area contributed by atoms with E-state index < -0.39 is 6.10 Å². The minimum atomic E-state index is -0.590. The van der Waals surface area contributed by atoms with Gasteiger partial charge in [-0.1, -0.05) is 30.3 Å². The fourth-order valence-corrected chi connectivity index (χ4v) is 3.80. The first kappa shape index (κ1) is 15.3. The number of likely N-dealkylation sites (tertiary alicyclic amines) is 1. The Bertz CT molecular complexity index is 749. The highest BCUT2D eigenvalue weighted by Gasteiger charge is 2.45. The van der Waals surface area contributed by atoms with Crippen LogP contribution in [0, 0.1) is 0 Å². The molecule has 1 amide bonds. The fraction of sp³-hybridized carbons (Fsp3) is 0.368. The first-order valence-corrected chi connectivity index (χ1v) is 8.38. The van der Waals surface area contributed by atoms with Gasteiger partial charge in [-0.25, -0.2) is 0 Å². The summed E-state index contributed by atoms with van der Waals surface area (Å²) in [7, 11) is 0. The van der Waals surface area contributed by atoms with Crippen LogP contribution in [-0.4, -0.2) is 45.6 Å². The number of benzene rings is 1. The number of carbonyl (C=O) groups excluding carboxylic acids is 1. The lowest BCUT2D eigenvalue weighted by Crippen LogP contribution is -2.65. The average Bonchev–Trinajstić information content (AvgIpc) is 2.64. The van der Waals surface area contributed by atoms with E-state index in [0.29, 0.717) is 18.8 Å². The van der Waals surface area contributed by atoms with Crippen LogP contribution in [0.4, 0.5) is 0 Å². The monoisotopic (exact) mass is 323 g/mol. The van der Waals surface area contributed by atoms with Crippen molar-refractivity contribution >= 4 is 5.91 Å². The minimum absolute atomic E-state index is 0.110. The Hall–Kier alpha value is -2.24. The lowest BCUT2D eigenvalue weighted by molar-refractivity contribution is -0.0140. The highest BCUT2D eigenvalue weighted by atomic mass is 16.3. The van der Waals surface area contributed by atoms with E-state index in [-0.39, 0.29) is 11.4 Å². The van der Waals surface area contributed by atoms with Crippen molar-refractivity contribution < 1.29 is 9.90 Å². The quantitative estimate of drug-likeness (QED) is 0.832. The Morgan fingerprint density at radius 1 is 1.21 bits per heavy atom. The van der Waals surface area contributed by atoms with E-state index in [1.807, 2.05) is 18.2 Å². The lowest BCUT2D eigenvalue weighted by atomic mass is 9.76. The zero-order valence-electron chi connectivity index (χ0n) is 13.5. The molecule has 0 bridgehead atoms. The second-order valence-corrected chi connectivity index (χ2v) is 6.69. The van der Waals surface area contributed by atoms with Gasteiger partial charge < -0.3 is 15.3 Å². The molecule has 5 nitrogen and oxygen atoms in total. The molecule has 1 saturated heterocycles.